The van der Waals surface area contributed by atoms with E-state index in [9.17, 15) is 4.79 Å². The summed E-state index contributed by atoms with van der Waals surface area (Å²) in [7, 11) is -1.40. The molecule has 2 atom stereocenters. The number of amides is 1. The van der Waals surface area contributed by atoms with Crippen molar-refractivity contribution in [1.29, 1.82) is 0 Å². The minimum absolute atomic E-state index is 0.216. The number of hydrogen-bond donors (Lipinski definition) is 1. The van der Waals surface area contributed by atoms with E-state index in [2.05, 4.69) is 66.8 Å². The molecule has 4 rings (SSSR count). The molecule has 2 aromatic rings. The van der Waals surface area contributed by atoms with Gasteiger partial charge >= 0.3 is 0 Å². The van der Waals surface area contributed by atoms with Crippen molar-refractivity contribution in [1.82, 2.24) is 9.88 Å². The van der Waals surface area contributed by atoms with Crippen molar-refractivity contribution < 1.29 is 4.79 Å². The van der Waals surface area contributed by atoms with Crippen LogP contribution in [0, 0.1) is 5.92 Å². The fourth-order valence-electron chi connectivity index (χ4n) is 5.06. The molecule has 0 spiro atoms. The molecule has 3 nitrogen and oxygen atoms in total. The standard InChI is InChI=1S/C21H28N2OSi/c1-5-19(25(2,3)4)14-12-18-21-16(10-11-23(18)20(24)13-14)15-8-6-7-9-17(15)22-21/h5-9,14,18,22H,10-13H2,1-4H3/b19-5+. The number of H-pyrrole nitrogens is 1. The van der Waals surface area contributed by atoms with E-state index in [4.69, 9.17) is 0 Å². The first-order valence-corrected chi connectivity index (χ1v) is 13.0. The number of carbonyl (C=O) groups is 1. The molecule has 1 amide bonds. The van der Waals surface area contributed by atoms with Crippen LogP contribution in [0.3, 0.4) is 0 Å². The number of allylic oxidation sites excluding steroid dienone is 2. The molecule has 2 unspecified atom stereocenters. The number of carbonyl (C=O) groups excluding carboxylic acids is 1. The predicted octanol–water partition coefficient (Wildman–Crippen LogP) is 4.83. The van der Waals surface area contributed by atoms with E-state index in [1.807, 2.05) is 0 Å². The molecule has 2 aliphatic rings. The third-order valence-electron chi connectivity index (χ3n) is 6.02. The predicted molar refractivity (Wildman–Crippen MR) is 106 cm³/mol. The highest BCUT2D eigenvalue weighted by atomic mass is 28.3. The van der Waals surface area contributed by atoms with Gasteiger partial charge in [0.25, 0.3) is 0 Å². The fraction of sp³-hybridized carbons (Fsp3) is 0.476. The van der Waals surface area contributed by atoms with Crippen molar-refractivity contribution >= 4 is 24.9 Å². The highest BCUT2D eigenvalue weighted by Gasteiger charge is 2.42. The van der Waals surface area contributed by atoms with E-state index >= 15 is 0 Å². The monoisotopic (exact) mass is 352 g/mol. The molecular weight excluding hydrogens is 324 g/mol. The summed E-state index contributed by atoms with van der Waals surface area (Å²) in [5.41, 5.74) is 3.93. The quantitative estimate of drug-likeness (QED) is 0.772. The maximum absolute atomic E-state index is 12.9. The van der Waals surface area contributed by atoms with Crippen LogP contribution in [0.15, 0.2) is 35.5 Å². The maximum Gasteiger partial charge on any atom is 0.223 e. The zero-order valence-corrected chi connectivity index (χ0v) is 16.7. The second kappa shape index (κ2) is 5.87. The minimum atomic E-state index is -1.40. The molecule has 2 aliphatic heterocycles. The van der Waals surface area contributed by atoms with Crippen LogP contribution >= 0.6 is 0 Å². The summed E-state index contributed by atoms with van der Waals surface area (Å²) in [5.74, 6) is 0.742. The number of aromatic nitrogens is 1. The van der Waals surface area contributed by atoms with Crippen LogP contribution < -0.4 is 0 Å². The van der Waals surface area contributed by atoms with Crippen LogP contribution in [-0.4, -0.2) is 30.4 Å². The van der Waals surface area contributed by atoms with Gasteiger partial charge in [0.1, 0.15) is 0 Å². The summed E-state index contributed by atoms with van der Waals surface area (Å²) in [6.45, 7) is 10.2. The first-order chi connectivity index (χ1) is 11.9. The highest BCUT2D eigenvalue weighted by molar-refractivity contribution is 6.83. The Bertz CT molecular complexity index is 858. The van der Waals surface area contributed by atoms with Gasteiger partial charge in [0.05, 0.1) is 14.1 Å². The Morgan fingerprint density at radius 1 is 1.28 bits per heavy atom. The molecule has 1 saturated heterocycles. The molecule has 0 aliphatic carbocycles. The first-order valence-electron chi connectivity index (χ1n) is 9.45. The highest BCUT2D eigenvalue weighted by Crippen LogP contribution is 2.44. The van der Waals surface area contributed by atoms with Crippen molar-refractivity contribution in [3.8, 4) is 0 Å². The van der Waals surface area contributed by atoms with Crippen LogP contribution in [0.4, 0.5) is 0 Å². The molecular formula is C21H28N2OSi. The zero-order valence-electron chi connectivity index (χ0n) is 15.7. The Morgan fingerprint density at radius 2 is 2.04 bits per heavy atom. The fourth-order valence-corrected chi connectivity index (χ4v) is 7.37. The van der Waals surface area contributed by atoms with Crippen molar-refractivity contribution in [2.45, 2.75) is 51.9 Å². The molecule has 0 bridgehead atoms. The van der Waals surface area contributed by atoms with Gasteiger partial charge in [-0.05, 0) is 37.3 Å². The average Bonchev–Trinajstić information content (AvgIpc) is 2.93. The Kier molecular flexibility index (Phi) is 3.91. The third-order valence-corrected chi connectivity index (χ3v) is 8.45. The molecule has 3 heterocycles. The second-order valence-electron chi connectivity index (χ2n) is 8.55. The summed E-state index contributed by atoms with van der Waals surface area (Å²) in [6.07, 6.45) is 5.02. The molecule has 4 heteroatoms. The van der Waals surface area contributed by atoms with Crippen LogP contribution in [0.25, 0.3) is 10.9 Å². The number of piperidine rings is 1. The topological polar surface area (TPSA) is 36.1 Å². The van der Waals surface area contributed by atoms with E-state index in [-0.39, 0.29) is 6.04 Å². The van der Waals surface area contributed by atoms with Crippen molar-refractivity contribution in [2.24, 2.45) is 5.92 Å². The number of nitrogens with zero attached hydrogens (tertiary/aromatic N) is 1. The van der Waals surface area contributed by atoms with Gasteiger partial charge in [-0.3, -0.25) is 4.79 Å². The summed E-state index contributed by atoms with van der Waals surface area (Å²) >= 11 is 0. The van der Waals surface area contributed by atoms with Crippen LogP contribution in [0.2, 0.25) is 19.6 Å². The molecule has 0 radical (unpaired) electrons. The number of hydrogen-bond acceptors (Lipinski definition) is 1. The number of nitrogens with one attached hydrogen (secondary N) is 1. The first kappa shape index (κ1) is 16.6. The normalized spacial score (nSPS) is 24.4. The van der Waals surface area contributed by atoms with Crippen molar-refractivity contribution in [3.05, 3.63) is 46.8 Å². The maximum atomic E-state index is 12.9. The third kappa shape index (κ3) is 2.67. The van der Waals surface area contributed by atoms with E-state index in [1.165, 1.54) is 22.2 Å². The summed E-state index contributed by atoms with van der Waals surface area (Å²) in [4.78, 5) is 18.7. The SMILES string of the molecule is C/C=C(\C1CC(=O)N2CCc3c([nH]c4ccccc34)C2C1)[Si](C)(C)C. The number of fused-ring (bicyclic) bond motifs is 5. The summed E-state index contributed by atoms with van der Waals surface area (Å²) in [6, 6.07) is 8.77. The number of rotatable bonds is 2. The van der Waals surface area contributed by atoms with Gasteiger partial charge in [-0.25, -0.2) is 0 Å². The smallest absolute Gasteiger partial charge is 0.223 e. The lowest BCUT2D eigenvalue weighted by Crippen LogP contribution is -2.47. The van der Waals surface area contributed by atoms with E-state index in [1.54, 1.807) is 5.20 Å². The largest absolute Gasteiger partial charge is 0.356 e. The average molecular weight is 353 g/mol. The minimum Gasteiger partial charge on any atom is -0.356 e. The zero-order chi connectivity index (χ0) is 17.8. The summed E-state index contributed by atoms with van der Waals surface area (Å²) in [5, 5.41) is 2.90. The lowest BCUT2D eigenvalue weighted by atomic mass is 9.84. The van der Waals surface area contributed by atoms with Gasteiger partial charge in [-0.2, -0.15) is 0 Å². The number of para-hydroxylation sites is 1. The second-order valence-corrected chi connectivity index (χ2v) is 13.6. The van der Waals surface area contributed by atoms with Gasteiger partial charge in [-0.1, -0.05) is 49.1 Å². The van der Waals surface area contributed by atoms with Crippen molar-refractivity contribution in [2.75, 3.05) is 6.54 Å². The van der Waals surface area contributed by atoms with Crippen LogP contribution in [0.1, 0.15) is 37.1 Å². The molecule has 1 fully saturated rings. The summed E-state index contributed by atoms with van der Waals surface area (Å²) < 4.78 is 0. The Morgan fingerprint density at radius 3 is 2.76 bits per heavy atom. The van der Waals surface area contributed by atoms with E-state index in [0.29, 0.717) is 18.2 Å². The van der Waals surface area contributed by atoms with Gasteiger partial charge in [-0.15, -0.1) is 0 Å². The lowest BCUT2D eigenvalue weighted by molar-refractivity contribution is -0.138. The molecule has 1 aromatic carbocycles. The van der Waals surface area contributed by atoms with Crippen LogP contribution in [-0.2, 0) is 11.2 Å². The van der Waals surface area contributed by atoms with Gasteiger partial charge < -0.3 is 9.88 Å². The van der Waals surface area contributed by atoms with Gasteiger partial charge in [0.15, 0.2) is 0 Å². The van der Waals surface area contributed by atoms with Crippen molar-refractivity contribution in [3.63, 3.8) is 0 Å². The number of benzene rings is 1. The molecule has 1 aromatic heterocycles. The Hall–Kier alpha value is -1.81. The Balaban J connectivity index is 1.75. The Labute approximate surface area is 151 Å². The van der Waals surface area contributed by atoms with Gasteiger partial charge in [0.2, 0.25) is 5.91 Å². The molecule has 25 heavy (non-hydrogen) atoms. The van der Waals surface area contributed by atoms with E-state index in [0.717, 1.165) is 19.4 Å². The van der Waals surface area contributed by atoms with Crippen LogP contribution in [0.5, 0.6) is 0 Å². The molecule has 0 saturated carbocycles. The molecule has 132 valence electrons. The lowest BCUT2D eigenvalue weighted by Gasteiger charge is -2.44. The van der Waals surface area contributed by atoms with Gasteiger partial charge in [0, 0.05) is 29.6 Å². The number of aromatic amines is 1. The van der Waals surface area contributed by atoms with E-state index < -0.39 is 8.07 Å². The molecule has 1 N–H and O–H groups in total.